The highest BCUT2D eigenvalue weighted by Gasteiger charge is 2.30. The highest BCUT2D eigenvalue weighted by molar-refractivity contribution is 7.92. The Morgan fingerprint density at radius 2 is 1.52 bits per heavy atom. The second-order valence-electron chi connectivity index (χ2n) is 7.70. The van der Waals surface area contributed by atoms with Crippen LogP contribution < -0.4 is 9.62 Å². The van der Waals surface area contributed by atoms with E-state index in [1.807, 2.05) is 6.92 Å². The van der Waals surface area contributed by atoms with Crippen LogP contribution in [0.15, 0.2) is 53.4 Å². The molecule has 168 valence electrons. The van der Waals surface area contributed by atoms with Crippen LogP contribution in [0.3, 0.4) is 0 Å². The summed E-state index contributed by atoms with van der Waals surface area (Å²) >= 11 is 0. The van der Waals surface area contributed by atoms with Crippen molar-refractivity contribution in [2.75, 3.05) is 29.0 Å². The SMILES string of the molecule is Cc1ccc(N([C@H](C)C(=O)Nc2ccc(S(=O)(=O)N3CCCC3)cc2)S(C)(=O)=O)cc1. The molecule has 1 heterocycles. The fourth-order valence-corrected chi connectivity index (χ4v) is 6.23. The summed E-state index contributed by atoms with van der Waals surface area (Å²) < 4.78 is 52.5. The Bertz CT molecular complexity index is 1140. The summed E-state index contributed by atoms with van der Waals surface area (Å²) in [6.07, 6.45) is 2.75. The van der Waals surface area contributed by atoms with Crippen molar-refractivity contribution < 1.29 is 21.6 Å². The Morgan fingerprint density at radius 3 is 2.03 bits per heavy atom. The Kier molecular flexibility index (Phi) is 6.73. The van der Waals surface area contributed by atoms with E-state index in [1.165, 1.54) is 35.5 Å². The fourth-order valence-electron chi connectivity index (χ4n) is 3.53. The number of nitrogens with one attached hydrogen (secondary N) is 1. The van der Waals surface area contributed by atoms with Crippen molar-refractivity contribution in [1.29, 1.82) is 0 Å². The van der Waals surface area contributed by atoms with Gasteiger partial charge in [-0.1, -0.05) is 17.7 Å². The van der Waals surface area contributed by atoms with E-state index in [1.54, 1.807) is 24.3 Å². The van der Waals surface area contributed by atoms with E-state index in [0.29, 0.717) is 24.5 Å². The molecule has 0 aromatic heterocycles. The molecule has 1 aliphatic heterocycles. The third-order valence-electron chi connectivity index (χ3n) is 5.20. The van der Waals surface area contributed by atoms with Crippen molar-refractivity contribution >= 4 is 37.3 Å². The molecule has 1 fully saturated rings. The molecule has 1 aliphatic rings. The van der Waals surface area contributed by atoms with Gasteiger partial charge < -0.3 is 5.32 Å². The van der Waals surface area contributed by atoms with Crippen LogP contribution in [0.1, 0.15) is 25.3 Å². The second-order valence-corrected chi connectivity index (χ2v) is 11.5. The Labute approximate surface area is 184 Å². The molecule has 1 atom stereocenters. The van der Waals surface area contributed by atoms with E-state index in [0.717, 1.165) is 29.0 Å². The molecule has 10 heteroatoms. The van der Waals surface area contributed by atoms with Gasteiger partial charge in [-0.3, -0.25) is 9.10 Å². The lowest BCUT2D eigenvalue weighted by atomic mass is 10.2. The van der Waals surface area contributed by atoms with Crippen molar-refractivity contribution in [3.8, 4) is 0 Å². The van der Waals surface area contributed by atoms with Gasteiger partial charge >= 0.3 is 0 Å². The maximum absolute atomic E-state index is 12.8. The van der Waals surface area contributed by atoms with Gasteiger partial charge in [-0.2, -0.15) is 4.31 Å². The van der Waals surface area contributed by atoms with Gasteiger partial charge in [-0.05, 0) is 63.1 Å². The first kappa shape index (κ1) is 23.2. The maximum Gasteiger partial charge on any atom is 0.247 e. The first-order chi connectivity index (χ1) is 14.5. The molecule has 2 aromatic carbocycles. The number of carbonyl (C=O) groups is 1. The molecule has 0 spiro atoms. The highest BCUT2D eigenvalue weighted by Crippen LogP contribution is 2.24. The maximum atomic E-state index is 12.8. The number of amides is 1. The van der Waals surface area contributed by atoms with Gasteiger partial charge in [0.05, 0.1) is 16.8 Å². The van der Waals surface area contributed by atoms with Crippen LogP contribution >= 0.6 is 0 Å². The van der Waals surface area contributed by atoms with Crippen molar-refractivity contribution in [3.05, 3.63) is 54.1 Å². The second kappa shape index (κ2) is 8.97. The van der Waals surface area contributed by atoms with Crippen LogP contribution in [-0.4, -0.2) is 52.4 Å². The van der Waals surface area contributed by atoms with Crippen molar-refractivity contribution in [2.45, 2.75) is 37.6 Å². The lowest BCUT2D eigenvalue weighted by Gasteiger charge is -2.28. The molecule has 0 saturated carbocycles. The third kappa shape index (κ3) is 5.25. The molecule has 0 unspecified atom stereocenters. The molecular weight excluding hydrogens is 438 g/mol. The van der Waals surface area contributed by atoms with Gasteiger partial charge in [-0.15, -0.1) is 0 Å². The van der Waals surface area contributed by atoms with Crippen LogP contribution in [0.4, 0.5) is 11.4 Å². The quantitative estimate of drug-likeness (QED) is 0.677. The average Bonchev–Trinajstić information content (AvgIpc) is 3.25. The Balaban J connectivity index is 1.77. The predicted octanol–water partition coefficient (Wildman–Crippen LogP) is 2.57. The van der Waals surface area contributed by atoms with Gasteiger partial charge in [0.15, 0.2) is 0 Å². The Morgan fingerprint density at radius 1 is 0.968 bits per heavy atom. The lowest BCUT2D eigenvalue weighted by Crippen LogP contribution is -2.45. The monoisotopic (exact) mass is 465 g/mol. The number of hydrogen-bond acceptors (Lipinski definition) is 5. The van der Waals surface area contributed by atoms with Gasteiger partial charge in [0.1, 0.15) is 6.04 Å². The first-order valence-corrected chi connectivity index (χ1v) is 13.3. The number of carbonyl (C=O) groups excluding carboxylic acids is 1. The van der Waals surface area contributed by atoms with E-state index in [4.69, 9.17) is 0 Å². The average molecular weight is 466 g/mol. The van der Waals surface area contributed by atoms with Gasteiger partial charge in [-0.25, -0.2) is 16.8 Å². The van der Waals surface area contributed by atoms with E-state index in [2.05, 4.69) is 5.32 Å². The molecule has 0 bridgehead atoms. The summed E-state index contributed by atoms with van der Waals surface area (Å²) in [5.74, 6) is -0.527. The lowest BCUT2D eigenvalue weighted by molar-refractivity contribution is -0.116. The number of rotatable bonds is 7. The molecule has 8 nitrogen and oxygen atoms in total. The summed E-state index contributed by atoms with van der Waals surface area (Å²) in [6, 6.07) is 11.7. The molecule has 0 radical (unpaired) electrons. The van der Waals surface area contributed by atoms with E-state index in [9.17, 15) is 21.6 Å². The highest BCUT2D eigenvalue weighted by atomic mass is 32.2. The fraction of sp³-hybridized carbons (Fsp3) is 0.381. The van der Waals surface area contributed by atoms with Crippen LogP contribution in [0.25, 0.3) is 0 Å². The molecule has 31 heavy (non-hydrogen) atoms. The van der Waals surface area contributed by atoms with E-state index < -0.39 is 32.0 Å². The minimum Gasteiger partial charge on any atom is -0.324 e. The summed E-state index contributed by atoms with van der Waals surface area (Å²) in [4.78, 5) is 13.0. The normalized spacial score (nSPS) is 16.1. The summed E-state index contributed by atoms with van der Waals surface area (Å²) in [7, 11) is -7.25. The zero-order chi connectivity index (χ0) is 22.8. The number of sulfonamides is 2. The van der Waals surface area contributed by atoms with E-state index in [-0.39, 0.29) is 4.90 Å². The standard InChI is InChI=1S/C21H27N3O5S2/c1-16-6-10-19(11-7-16)24(30(3,26)27)17(2)21(25)22-18-8-12-20(13-9-18)31(28,29)23-14-4-5-15-23/h6-13,17H,4-5,14-15H2,1-3H3,(H,22,25)/t17-/m1/s1. The summed E-state index contributed by atoms with van der Waals surface area (Å²) in [5, 5.41) is 2.67. The predicted molar refractivity (Wildman–Crippen MR) is 121 cm³/mol. The minimum absolute atomic E-state index is 0.165. The van der Waals surface area contributed by atoms with Crippen LogP contribution in [0, 0.1) is 6.92 Å². The molecule has 1 N–H and O–H groups in total. The topological polar surface area (TPSA) is 104 Å². The first-order valence-electron chi connectivity index (χ1n) is 9.97. The van der Waals surface area contributed by atoms with Gasteiger partial charge in [0.25, 0.3) is 0 Å². The zero-order valence-electron chi connectivity index (χ0n) is 17.8. The number of anilines is 2. The summed E-state index contributed by atoms with van der Waals surface area (Å²) in [5.41, 5.74) is 1.75. The number of nitrogens with zero attached hydrogens (tertiary/aromatic N) is 2. The zero-order valence-corrected chi connectivity index (χ0v) is 19.4. The number of aryl methyl sites for hydroxylation is 1. The molecule has 3 rings (SSSR count). The minimum atomic E-state index is -3.72. The van der Waals surface area contributed by atoms with Crippen molar-refractivity contribution in [1.82, 2.24) is 4.31 Å². The third-order valence-corrected chi connectivity index (χ3v) is 8.36. The van der Waals surface area contributed by atoms with Gasteiger partial charge in [0, 0.05) is 18.8 Å². The molecule has 1 saturated heterocycles. The van der Waals surface area contributed by atoms with E-state index >= 15 is 0 Å². The van der Waals surface area contributed by atoms with Crippen LogP contribution in [0.5, 0.6) is 0 Å². The Hall–Kier alpha value is -2.43. The summed E-state index contributed by atoms with van der Waals surface area (Å²) in [6.45, 7) is 4.41. The van der Waals surface area contributed by atoms with Crippen LogP contribution in [0.2, 0.25) is 0 Å². The molecule has 2 aromatic rings. The molecule has 0 aliphatic carbocycles. The molecule has 1 amide bonds. The largest absolute Gasteiger partial charge is 0.324 e. The van der Waals surface area contributed by atoms with Crippen molar-refractivity contribution in [2.24, 2.45) is 0 Å². The number of hydrogen-bond donors (Lipinski definition) is 1. The number of benzene rings is 2. The van der Waals surface area contributed by atoms with Crippen molar-refractivity contribution in [3.63, 3.8) is 0 Å². The smallest absolute Gasteiger partial charge is 0.247 e. The van der Waals surface area contributed by atoms with Crippen LogP contribution in [-0.2, 0) is 24.8 Å². The molecular formula is C21H27N3O5S2. The van der Waals surface area contributed by atoms with Gasteiger partial charge in [0.2, 0.25) is 26.0 Å².